The fourth-order valence-electron chi connectivity index (χ4n) is 5.18. The number of nitrogens with zero attached hydrogens (tertiary/aromatic N) is 1. The fraction of sp³-hybridized carbons (Fsp3) is 0.783. The summed E-state index contributed by atoms with van der Waals surface area (Å²) in [6.45, 7) is 4.57. The summed E-state index contributed by atoms with van der Waals surface area (Å²) in [5.41, 5.74) is 2.66. The van der Waals surface area contributed by atoms with Crippen LogP contribution in [0.5, 0.6) is 0 Å². The fourth-order valence-corrected chi connectivity index (χ4v) is 5.18. The van der Waals surface area contributed by atoms with E-state index < -0.39 is 0 Å². The Morgan fingerprint density at radius 3 is 1.96 bits per heavy atom. The first-order valence-electron chi connectivity index (χ1n) is 10.7. The van der Waals surface area contributed by atoms with Crippen LogP contribution in [0.15, 0.2) is 18.3 Å². The van der Waals surface area contributed by atoms with E-state index in [1.807, 2.05) is 0 Å². The van der Waals surface area contributed by atoms with Gasteiger partial charge in [0.2, 0.25) is 0 Å². The molecule has 2 aliphatic carbocycles. The Morgan fingerprint density at radius 1 is 0.833 bits per heavy atom. The normalized spacial score (nSPS) is 31.1. The average Bonchev–Trinajstić information content (AvgIpc) is 2.67. The molecule has 2 saturated carbocycles. The first-order valence-corrected chi connectivity index (χ1v) is 10.7. The summed E-state index contributed by atoms with van der Waals surface area (Å²) in [5.74, 6) is 4.13. The van der Waals surface area contributed by atoms with Gasteiger partial charge in [0.25, 0.3) is 0 Å². The van der Waals surface area contributed by atoms with Crippen molar-refractivity contribution < 1.29 is 0 Å². The van der Waals surface area contributed by atoms with Crippen molar-refractivity contribution in [1.29, 1.82) is 0 Å². The molecule has 2 aliphatic rings. The lowest BCUT2D eigenvalue weighted by Crippen LogP contribution is -2.25. The van der Waals surface area contributed by atoms with Crippen LogP contribution >= 0.6 is 0 Å². The molecule has 2 fully saturated rings. The van der Waals surface area contributed by atoms with Crippen LogP contribution < -0.4 is 0 Å². The van der Waals surface area contributed by atoms with Gasteiger partial charge >= 0.3 is 0 Å². The minimum Gasteiger partial charge on any atom is -0.261 e. The predicted octanol–water partition coefficient (Wildman–Crippen LogP) is 6.60. The predicted molar refractivity (Wildman–Crippen MR) is 103 cm³/mol. The van der Waals surface area contributed by atoms with Crippen LogP contribution in [0.4, 0.5) is 0 Å². The molecular formula is C23H37N. The quantitative estimate of drug-likeness (QED) is 0.573. The van der Waals surface area contributed by atoms with Gasteiger partial charge in [-0.15, -0.1) is 0 Å². The second-order valence-electron chi connectivity index (χ2n) is 8.52. The molecule has 134 valence electrons. The number of hydrogen-bond acceptors (Lipinski definition) is 1. The van der Waals surface area contributed by atoms with Crippen LogP contribution in [-0.2, 0) is 12.8 Å². The molecule has 0 atom stereocenters. The number of aryl methyl sites for hydroxylation is 2. The van der Waals surface area contributed by atoms with Gasteiger partial charge in [-0.05, 0) is 80.2 Å². The van der Waals surface area contributed by atoms with E-state index in [0.29, 0.717) is 0 Å². The molecule has 0 unspecified atom stereocenters. The summed E-state index contributed by atoms with van der Waals surface area (Å²) in [6.07, 6.45) is 19.2. The highest BCUT2D eigenvalue weighted by molar-refractivity contribution is 5.14. The second kappa shape index (κ2) is 9.02. The summed E-state index contributed by atoms with van der Waals surface area (Å²) in [6, 6.07) is 4.50. The van der Waals surface area contributed by atoms with E-state index in [1.54, 1.807) is 0 Å². The minimum atomic E-state index is 0.959. The van der Waals surface area contributed by atoms with Crippen LogP contribution in [0.3, 0.4) is 0 Å². The van der Waals surface area contributed by atoms with Crippen molar-refractivity contribution in [2.45, 2.75) is 90.9 Å². The molecule has 0 N–H and O–H groups in total. The molecule has 1 aromatic rings. The third kappa shape index (κ3) is 4.83. The van der Waals surface area contributed by atoms with Gasteiger partial charge in [-0.3, -0.25) is 4.98 Å². The Morgan fingerprint density at radius 2 is 1.46 bits per heavy atom. The molecule has 0 aliphatic heterocycles. The van der Waals surface area contributed by atoms with Crippen LogP contribution in [-0.4, -0.2) is 4.98 Å². The molecule has 0 radical (unpaired) electrons. The van der Waals surface area contributed by atoms with E-state index in [4.69, 9.17) is 0 Å². The van der Waals surface area contributed by atoms with Gasteiger partial charge in [0, 0.05) is 11.9 Å². The van der Waals surface area contributed by atoms with Crippen molar-refractivity contribution in [3.8, 4) is 0 Å². The maximum atomic E-state index is 4.64. The SMILES string of the molecule is CCc1ccc(CCC2CCC(C3CCC(CC)CC3)CC2)nc1. The van der Waals surface area contributed by atoms with Crippen LogP contribution in [0.2, 0.25) is 0 Å². The van der Waals surface area contributed by atoms with Crippen molar-refractivity contribution in [2.75, 3.05) is 0 Å². The molecule has 1 heteroatoms. The number of hydrogen-bond donors (Lipinski definition) is 0. The lowest BCUT2D eigenvalue weighted by molar-refractivity contribution is 0.142. The van der Waals surface area contributed by atoms with E-state index >= 15 is 0 Å². The summed E-state index contributed by atoms with van der Waals surface area (Å²) in [7, 11) is 0. The number of aromatic nitrogens is 1. The van der Waals surface area contributed by atoms with E-state index in [1.165, 1.54) is 81.9 Å². The molecule has 3 rings (SSSR count). The van der Waals surface area contributed by atoms with Gasteiger partial charge in [-0.2, -0.15) is 0 Å². The largest absolute Gasteiger partial charge is 0.261 e. The molecular weight excluding hydrogens is 290 g/mol. The smallest absolute Gasteiger partial charge is 0.0403 e. The Kier molecular flexibility index (Phi) is 6.75. The van der Waals surface area contributed by atoms with Crippen molar-refractivity contribution in [3.63, 3.8) is 0 Å². The van der Waals surface area contributed by atoms with Crippen molar-refractivity contribution >= 4 is 0 Å². The van der Waals surface area contributed by atoms with E-state index in [0.717, 1.165) is 30.1 Å². The zero-order chi connectivity index (χ0) is 16.8. The van der Waals surface area contributed by atoms with E-state index in [-0.39, 0.29) is 0 Å². The minimum absolute atomic E-state index is 0.959. The van der Waals surface area contributed by atoms with Gasteiger partial charge in [0.15, 0.2) is 0 Å². The summed E-state index contributed by atoms with van der Waals surface area (Å²) in [4.78, 5) is 4.64. The summed E-state index contributed by atoms with van der Waals surface area (Å²) in [5, 5.41) is 0. The highest BCUT2D eigenvalue weighted by Gasteiger charge is 2.30. The molecule has 1 aromatic heterocycles. The maximum Gasteiger partial charge on any atom is 0.0403 e. The number of rotatable bonds is 6. The van der Waals surface area contributed by atoms with Crippen LogP contribution in [0.25, 0.3) is 0 Å². The Bertz CT molecular complexity index is 461. The second-order valence-corrected chi connectivity index (χ2v) is 8.52. The van der Waals surface area contributed by atoms with E-state index in [2.05, 4.69) is 37.2 Å². The van der Waals surface area contributed by atoms with E-state index in [9.17, 15) is 0 Å². The average molecular weight is 328 g/mol. The molecule has 1 heterocycles. The standard InChI is InChI=1S/C23H37N/c1-3-18-5-11-21(12-6-18)22-13-7-20(8-14-22)10-16-23-15-9-19(4-2)17-24-23/h9,15,17-18,20-22H,3-8,10-14,16H2,1-2H3. The third-order valence-electron chi connectivity index (χ3n) is 7.13. The molecule has 0 saturated heterocycles. The lowest BCUT2D eigenvalue weighted by atomic mass is 9.68. The zero-order valence-corrected chi connectivity index (χ0v) is 16.0. The monoisotopic (exact) mass is 327 g/mol. The van der Waals surface area contributed by atoms with Gasteiger partial charge in [0.05, 0.1) is 0 Å². The maximum absolute atomic E-state index is 4.64. The third-order valence-corrected chi connectivity index (χ3v) is 7.13. The summed E-state index contributed by atoms with van der Waals surface area (Å²) >= 11 is 0. The van der Waals surface area contributed by atoms with Gasteiger partial charge in [-0.1, -0.05) is 52.0 Å². The highest BCUT2D eigenvalue weighted by Crippen LogP contribution is 2.42. The molecule has 0 spiro atoms. The molecule has 0 aromatic carbocycles. The highest BCUT2D eigenvalue weighted by atomic mass is 14.7. The summed E-state index contributed by atoms with van der Waals surface area (Å²) < 4.78 is 0. The van der Waals surface area contributed by atoms with Crippen molar-refractivity contribution in [3.05, 3.63) is 29.6 Å². The first-order chi connectivity index (χ1) is 11.8. The molecule has 24 heavy (non-hydrogen) atoms. The van der Waals surface area contributed by atoms with Gasteiger partial charge in [-0.25, -0.2) is 0 Å². The molecule has 1 nitrogen and oxygen atoms in total. The Labute approximate surface area is 149 Å². The molecule has 0 amide bonds. The number of pyridine rings is 1. The lowest BCUT2D eigenvalue weighted by Gasteiger charge is -2.37. The van der Waals surface area contributed by atoms with Crippen molar-refractivity contribution in [1.82, 2.24) is 4.98 Å². The van der Waals surface area contributed by atoms with Crippen molar-refractivity contribution in [2.24, 2.45) is 23.7 Å². The van der Waals surface area contributed by atoms with Gasteiger partial charge in [0.1, 0.15) is 0 Å². The molecule has 0 bridgehead atoms. The topological polar surface area (TPSA) is 12.9 Å². The Balaban J connectivity index is 1.37. The van der Waals surface area contributed by atoms with Gasteiger partial charge < -0.3 is 0 Å². The van der Waals surface area contributed by atoms with Crippen LogP contribution in [0, 0.1) is 23.7 Å². The Hall–Kier alpha value is -0.850. The zero-order valence-electron chi connectivity index (χ0n) is 16.0. The van der Waals surface area contributed by atoms with Crippen LogP contribution in [0.1, 0.15) is 89.3 Å². The first kappa shape index (κ1) is 18.0.